The summed E-state index contributed by atoms with van der Waals surface area (Å²) in [6.45, 7) is 2.55. The van der Waals surface area contributed by atoms with Crippen LogP contribution in [0.1, 0.15) is 5.56 Å². The third-order valence-corrected chi connectivity index (χ3v) is 6.03. The highest BCUT2D eigenvalue weighted by Crippen LogP contribution is 2.26. The molecular weight excluding hydrogens is 459 g/mol. The minimum absolute atomic E-state index is 0.0174. The fraction of sp³-hybridized carbons (Fsp3) is 0.167. The van der Waals surface area contributed by atoms with Gasteiger partial charge in [0.25, 0.3) is 0 Å². The van der Waals surface area contributed by atoms with E-state index in [1.165, 1.54) is 0 Å². The maximum absolute atomic E-state index is 12.6. The summed E-state index contributed by atoms with van der Waals surface area (Å²) in [5, 5.41) is 6.65. The van der Waals surface area contributed by atoms with Crippen LogP contribution in [0.15, 0.2) is 67.1 Å². The highest BCUT2D eigenvalue weighted by molar-refractivity contribution is 6.31. The molecule has 9 heteroatoms. The second-order valence-electron chi connectivity index (χ2n) is 7.67. The Morgan fingerprint density at radius 3 is 2.45 bits per heavy atom. The second-order valence-corrected chi connectivity index (χ2v) is 8.54. The fourth-order valence-electron chi connectivity index (χ4n) is 3.90. The minimum atomic E-state index is -0.0174. The van der Waals surface area contributed by atoms with E-state index in [4.69, 9.17) is 23.2 Å². The second kappa shape index (κ2) is 9.21. The van der Waals surface area contributed by atoms with Crippen LogP contribution in [-0.4, -0.2) is 56.7 Å². The number of amides is 1. The van der Waals surface area contributed by atoms with E-state index in [-0.39, 0.29) is 5.91 Å². The maximum atomic E-state index is 12.6. The summed E-state index contributed by atoms with van der Waals surface area (Å²) in [6.07, 6.45) is 6.71. The number of piperazine rings is 1. The predicted molar refractivity (Wildman–Crippen MR) is 131 cm³/mol. The van der Waals surface area contributed by atoms with Crippen LogP contribution in [0.4, 0.5) is 5.82 Å². The van der Waals surface area contributed by atoms with E-state index in [0.717, 1.165) is 22.5 Å². The zero-order valence-corrected chi connectivity index (χ0v) is 19.1. The Kier molecular flexibility index (Phi) is 5.98. The Balaban J connectivity index is 1.30. The molecule has 0 spiro atoms. The Morgan fingerprint density at radius 2 is 1.70 bits per heavy atom. The molecule has 1 aliphatic heterocycles. The molecule has 5 rings (SSSR count). The van der Waals surface area contributed by atoms with Crippen LogP contribution >= 0.6 is 23.2 Å². The van der Waals surface area contributed by atoms with Crippen LogP contribution in [0, 0.1) is 0 Å². The lowest BCUT2D eigenvalue weighted by molar-refractivity contribution is -0.126. The molecule has 0 unspecified atom stereocenters. The number of halogens is 2. The average Bonchev–Trinajstić information content (AvgIpc) is 3.27. The number of hydrogen-bond acceptors (Lipinski definition) is 5. The van der Waals surface area contributed by atoms with Crippen molar-refractivity contribution >= 4 is 52.0 Å². The van der Waals surface area contributed by atoms with Gasteiger partial charge in [-0.25, -0.2) is 14.6 Å². The van der Waals surface area contributed by atoms with Gasteiger partial charge in [-0.2, -0.15) is 5.10 Å². The Morgan fingerprint density at radius 1 is 0.939 bits per heavy atom. The van der Waals surface area contributed by atoms with Crippen molar-refractivity contribution in [3.8, 4) is 5.69 Å². The van der Waals surface area contributed by atoms with E-state index in [1.807, 2.05) is 53.4 Å². The average molecular weight is 479 g/mol. The summed E-state index contributed by atoms with van der Waals surface area (Å²) in [5.74, 6) is 0.797. The van der Waals surface area contributed by atoms with Crippen molar-refractivity contribution in [2.75, 3.05) is 31.1 Å². The van der Waals surface area contributed by atoms with Crippen molar-refractivity contribution in [3.05, 3.63) is 82.7 Å². The number of rotatable bonds is 4. The van der Waals surface area contributed by atoms with Crippen LogP contribution in [0.5, 0.6) is 0 Å². The van der Waals surface area contributed by atoms with Gasteiger partial charge in [0.15, 0.2) is 5.65 Å². The van der Waals surface area contributed by atoms with Gasteiger partial charge in [-0.1, -0.05) is 41.4 Å². The molecule has 0 bridgehead atoms. The van der Waals surface area contributed by atoms with E-state index in [0.29, 0.717) is 41.9 Å². The molecule has 1 aliphatic rings. The monoisotopic (exact) mass is 478 g/mol. The quantitative estimate of drug-likeness (QED) is 0.404. The topological polar surface area (TPSA) is 67.2 Å². The molecule has 1 saturated heterocycles. The van der Waals surface area contributed by atoms with Crippen LogP contribution in [-0.2, 0) is 4.79 Å². The highest BCUT2D eigenvalue weighted by atomic mass is 35.5. The van der Waals surface area contributed by atoms with Gasteiger partial charge in [-0.05, 0) is 42.0 Å². The molecule has 2 aromatic heterocycles. The van der Waals surface area contributed by atoms with Crippen molar-refractivity contribution in [2.45, 2.75) is 0 Å². The molecule has 0 atom stereocenters. The SMILES string of the molecule is O=C(/C=C/c1cccc(Cl)c1)N1CCN(c2ncnc3c2cnn3-c2cccc(Cl)c2)CC1. The molecule has 3 heterocycles. The van der Waals surface area contributed by atoms with E-state index >= 15 is 0 Å². The van der Waals surface area contributed by atoms with E-state index < -0.39 is 0 Å². The summed E-state index contributed by atoms with van der Waals surface area (Å²) < 4.78 is 1.76. The minimum Gasteiger partial charge on any atom is -0.352 e. The lowest BCUT2D eigenvalue weighted by Crippen LogP contribution is -2.48. The summed E-state index contributed by atoms with van der Waals surface area (Å²) in [4.78, 5) is 25.6. The molecule has 4 aromatic rings. The van der Waals surface area contributed by atoms with E-state index in [9.17, 15) is 4.79 Å². The van der Waals surface area contributed by atoms with Crippen molar-refractivity contribution in [2.24, 2.45) is 0 Å². The first-order valence-corrected chi connectivity index (χ1v) is 11.3. The third kappa shape index (κ3) is 4.55. The number of fused-ring (bicyclic) bond motifs is 1. The fourth-order valence-corrected chi connectivity index (χ4v) is 4.29. The van der Waals surface area contributed by atoms with Gasteiger partial charge in [0, 0.05) is 42.3 Å². The lowest BCUT2D eigenvalue weighted by atomic mass is 10.2. The number of carbonyl (C=O) groups is 1. The molecule has 0 N–H and O–H groups in total. The number of carbonyl (C=O) groups excluding carboxylic acids is 1. The van der Waals surface area contributed by atoms with Crippen molar-refractivity contribution in [1.82, 2.24) is 24.6 Å². The zero-order valence-electron chi connectivity index (χ0n) is 17.6. The summed E-state index contributed by atoms with van der Waals surface area (Å²) >= 11 is 12.2. The Labute approximate surface area is 200 Å². The molecule has 166 valence electrons. The van der Waals surface area contributed by atoms with Crippen molar-refractivity contribution < 1.29 is 4.79 Å². The number of hydrogen-bond donors (Lipinski definition) is 0. The summed E-state index contributed by atoms with van der Waals surface area (Å²) in [6, 6.07) is 14.9. The Bertz CT molecular complexity index is 1340. The maximum Gasteiger partial charge on any atom is 0.246 e. The van der Waals surface area contributed by atoms with Crippen LogP contribution in [0.2, 0.25) is 10.0 Å². The molecule has 1 amide bonds. The molecule has 0 saturated carbocycles. The first-order chi connectivity index (χ1) is 16.1. The Hall–Kier alpha value is -3.42. The molecule has 0 aliphatic carbocycles. The van der Waals surface area contributed by atoms with Crippen LogP contribution < -0.4 is 4.90 Å². The standard InChI is InChI=1S/C24H20Cl2N6O/c25-18-4-1-3-17(13-18)7-8-22(33)30-9-11-31(12-10-30)23-21-15-29-32(24(21)28-16-27-23)20-6-2-5-19(26)14-20/h1-8,13-16H,9-12H2/b8-7+. The smallest absolute Gasteiger partial charge is 0.246 e. The predicted octanol–water partition coefficient (Wildman–Crippen LogP) is 4.48. The van der Waals surface area contributed by atoms with Crippen LogP contribution in [0.3, 0.4) is 0 Å². The normalized spacial score (nSPS) is 14.4. The largest absolute Gasteiger partial charge is 0.352 e. The molecule has 2 aromatic carbocycles. The van der Waals surface area contributed by atoms with Crippen LogP contribution in [0.25, 0.3) is 22.8 Å². The highest BCUT2D eigenvalue weighted by Gasteiger charge is 2.23. The van der Waals surface area contributed by atoms with Crippen molar-refractivity contribution in [1.29, 1.82) is 0 Å². The van der Waals surface area contributed by atoms with E-state index in [1.54, 1.807) is 29.4 Å². The van der Waals surface area contributed by atoms with Gasteiger partial charge >= 0.3 is 0 Å². The third-order valence-electron chi connectivity index (χ3n) is 5.56. The number of nitrogens with zero attached hydrogens (tertiary/aromatic N) is 6. The number of anilines is 1. The van der Waals surface area contributed by atoms with Gasteiger partial charge in [0.2, 0.25) is 5.91 Å². The van der Waals surface area contributed by atoms with Gasteiger partial charge in [-0.15, -0.1) is 0 Å². The molecule has 7 nitrogen and oxygen atoms in total. The van der Waals surface area contributed by atoms with Gasteiger partial charge in [-0.3, -0.25) is 4.79 Å². The number of benzene rings is 2. The zero-order chi connectivity index (χ0) is 22.8. The van der Waals surface area contributed by atoms with Gasteiger partial charge in [0.1, 0.15) is 12.1 Å². The first-order valence-electron chi connectivity index (χ1n) is 10.5. The van der Waals surface area contributed by atoms with Crippen molar-refractivity contribution in [3.63, 3.8) is 0 Å². The molecule has 1 fully saturated rings. The van der Waals surface area contributed by atoms with Gasteiger partial charge in [0.05, 0.1) is 17.3 Å². The lowest BCUT2D eigenvalue weighted by Gasteiger charge is -2.35. The summed E-state index contributed by atoms with van der Waals surface area (Å²) in [5.41, 5.74) is 2.45. The van der Waals surface area contributed by atoms with E-state index in [2.05, 4.69) is 20.0 Å². The number of aromatic nitrogens is 4. The molecule has 0 radical (unpaired) electrons. The summed E-state index contributed by atoms with van der Waals surface area (Å²) in [7, 11) is 0. The first kappa shape index (κ1) is 21.4. The van der Waals surface area contributed by atoms with Gasteiger partial charge < -0.3 is 9.80 Å². The molecule has 33 heavy (non-hydrogen) atoms. The molecular formula is C24H20Cl2N6O.